The van der Waals surface area contributed by atoms with Gasteiger partial charge in [-0.2, -0.15) is 5.10 Å². The smallest absolute Gasteiger partial charge is 0.101 e. The van der Waals surface area contributed by atoms with Gasteiger partial charge in [0.05, 0.1) is 16.9 Å². The molecule has 1 aromatic rings. The summed E-state index contributed by atoms with van der Waals surface area (Å²) in [5, 5.41) is 14.4. The second-order valence-electron chi connectivity index (χ2n) is 3.14. The van der Waals surface area contributed by atoms with Crippen LogP contribution in [0, 0.1) is 0 Å². The summed E-state index contributed by atoms with van der Waals surface area (Å²) in [6.07, 6.45) is 4.10. The zero-order valence-corrected chi connectivity index (χ0v) is 9.04. The molecular formula is C10H15ClN2O. The van der Waals surface area contributed by atoms with Crippen molar-refractivity contribution < 1.29 is 5.11 Å². The van der Waals surface area contributed by atoms with Gasteiger partial charge in [-0.05, 0) is 12.8 Å². The van der Waals surface area contributed by atoms with Gasteiger partial charge in [0.2, 0.25) is 0 Å². The van der Waals surface area contributed by atoms with E-state index in [1.54, 1.807) is 17.0 Å². The van der Waals surface area contributed by atoms with Gasteiger partial charge in [0.25, 0.3) is 0 Å². The average Bonchev–Trinajstić information content (AvgIpc) is 2.48. The van der Waals surface area contributed by atoms with Gasteiger partial charge in [-0.3, -0.25) is 4.68 Å². The lowest BCUT2D eigenvalue weighted by Crippen LogP contribution is -2.09. The van der Waals surface area contributed by atoms with Crippen molar-refractivity contribution in [1.29, 1.82) is 0 Å². The molecule has 78 valence electrons. The Morgan fingerprint density at radius 1 is 1.79 bits per heavy atom. The van der Waals surface area contributed by atoms with Crippen LogP contribution in [0.15, 0.2) is 18.9 Å². The molecule has 1 aromatic heterocycles. The molecule has 0 fully saturated rings. The Kier molecular flexibility index (Phi) is 4.17. The highest BCUT2D eigenvalue weighted by Crippen LogP contribution is 2.25. The molecule has 0 amide bonds. The van der Waals surface area contributed by atoms with Crippen LogP contribution >= 0.6 is 11.6 Å². The van der Waals surface area contributed by atoms with Gasteiger partial charge in [-0.25, -0.2) is 0 Å². The molecule has 0 bridgehead atoms. The van der Waals surface area contributed by atoms with Crippen LogP contribution in [0.3, 0.4) is 0 Å². The van der Waals surface area contributed by atoms with E-state index < -0.39 is 6.10 Å². The van der Waals surface area contributed by atoms with Crippen LogP contribution < -0.4 is 0 Å². The molecule has 1 atom stereocenters. The molecule has 0 aliphatic carbocycles. The van der Waals surface area contributed by atoms with Crippen molar-refractivity contribution in [1.82, 2.24) is 9.78 Å². The normalized spacial score (nSPS) is 12.8. The quantitative estimate of drug-likeness (QED) is 0.765. The monoisotopic (exact) mass is 214 g/mol. The van der Waals surface area contributed by atoms with Crippen molar-refractivity contribution in [2.24, 2.45) is 0 Å². The van der Waals surface area contributed by atoms with Gasteiger partial charge in [-0.15, -0.1) is 6.58 Å². The lowest BCUT2D eigenvalue weighted by molar-refractivity contribution is 0.170. The molecule has 1 rings (SSSR count). The minimum Gasteiger partial charge on any atom is -0.386 e. The highest BCUT2D eigenvalue weighted by atomic mass is 35.5. The zero-order chi connectivity index (χ0) is 10.6. The van der Waals surface area contributed by atoms with Crippen molar-refractivity contribution in [2.75, 3.05) is 0 Å². The van der Waals surface area contributed by atoms with E-state index in [9.17, 15) is 5.11 Å². The number of aliphatic hydroxyl groups excluding tert-OH is 1. The zero-order valence-electron chi connectivity index (χ0n) is 8.28. The van der Waals surface area contributed by atoms with Crippen LogP contribution in [0.1, 0.15) is 31.6 Å². The average molecular weight is 215 g/mol. The van der Waals surface area contributed by atoms with Crippen LogP contribution in [-0.4, -0.2) is 14.9 Å². The Balaban J connectivity index is 2.91. The molecule has 1 unspecified atom stereocenters. The van der Waals surface area contributed by atoms with Crippen LogP contribution in [0.4, 0.5) is 0 Å². The van der Waals surface area contributed by atoms with E-state index in [1.807, 2.05) is 0 Å². The molecule has 3 nitrogen and oxygen atoms in total. The van der Waals surface area contributed by atoms with E-state index in [0.29, 0.717) is 17.1 Å². The van der Waals surface area contributed by atoms with Gasteiger partial charge in [-0.1, -0.05) is 24.6 Å². The number of rotatable bonds is 5. The summed E-state index contributed by atoms with van der Waals surface area (Å²) in [6.45, 7) is 6.41. The molecule has 14 heavy (non-hydrogen) atoms. The third-order valence-electron chi connectivity index (χ3n) is 1.97. The van der Waals surface area contributed by atoms with Crippen LogP contribution in [0.25, 0.3) is 0 Å². The Hall–Kier alpha value is -0.800. The summed E-state index contributed by atoms with van der Waals surface area (Å²) in [7, 11) is 0. The fourth-order valence-electron chi connectivity index (χ4n) is 1.36. The van der Waals surface area contributed by atoms with E-state index in [0.717, 1.165) is 13.0 Å². The molecule has 0 aliphatic heterocycles. The molecule has 0 saturated carbocycles. The second-order valence-corrected chi connectivity index (χ2v) is 3.55. The Labute approximate surface area is 89.0 Å². The molecule has 0 aliphatic rings. The van der Waals surface area contributed by atoms with Crippen molar-refractivity contribution >= 4 is 11.6 Å². The standard InChI is InChI=1S/C10H15ClN2O/c1-3-5-9(14)10-8(11)7-12-13(10)6-4-2/h3,7,9,14H,1,4-6H2,2H3. The van der Waals surface area contributed by atoms with Crippen molar-refractivity contribution in [3.8, 4) is 0 Å². The minimum absolute atomic E-state index is 0.495. The number of aromatic nitrogens is 2. The number of nitrogens with zero attached hydrogens (tertiary/aromatic N) is 2. The molecular weight excluding hydrogens is 200 g/mol. The first kappa shape index (κ1) is 11.3. The summed E-state index contributed by atoms with van der Waals surface area (Å²) in [6, 6.07) is 0. The summed E-state index contributed by atoms with van der Waals surface area (Å²) in [5.41, 5.74) is 0.688. The molecule has 1 N–H and O–H groups in total. The third-order valence-corrected chi connectivity index (χ3v) is 2.27. The maximum absolute atomic E-state index is 9.78. The first-order valence-corrected chi connectivity index (χ1v) is 5.08. The lowest BCUT2D eigenvalue weighted by atomic mass is 10.2. The third kappa shape index (κ3) is 2.36. The van der Waals surface area contributed by atoms with Crippen LogP contribution in [0.5, 0.6) is 0 Å². The minimum atomic E-state index is -0.603. The SMILES string of the molecule is C=CCC(O)c1c(Cl)cnn1CCC. The van der Waals surface area contributed by atoms with E-state index in [4.69, 9.17) is 11.6 Å². The molecule has 0 radical (unpaired) electrons. The number of aryl methyl sites for hydroxylation is 1. The first-order chi connectivity index (χ1) is 6.70. The summed E-state index contributed by atoms with van der Waals surface area (Å²) >= 11 is 5.93. The number of hydrogen-bond donors (Lipinski definition) is 1. The Bertz CT molecular complexity index is 309. The largest absolute Gasteiger partial charge is 0.386 e. The number of hydrogen-bond acceptors (Lipinski definition) is 2. The van der Waals surface area contributed by atoms with Crippen molar-refractivity contribution in [2.45, 2.75) is 32.4 Å². The number of halogens is 1. The topological polar surface area (TPSA) is 38.1 Å². The van der Waals surface area contributed by atoms with Crippen LogP contribution in [0.2, 0.25) is 5.02 Å². The van der Waals surface area contributed by atoms with E-state index in [-0.39, 0.29) is 0 Å². The highest BCUT2D eigenvalue weighted by Gasteiger charge is 2.16. The van der Waals surface area contributed by atoms with Gasteiger partial charge in [0.15, 0.2) is 0 Å². The van der Waals surface area contributed by atoms with Gasteiger partial charge < -0.3 is 5.11 Å². The van der Waals surface area contributed by atoms with E-state index >= 15 is 0 Å². The highest BCUT2D eigenvalue weighted by molar-refractivity contribution is 6.31. The van der Waals surface area contributed by atoms with Crippen molar-refractivity contribution in [3.63, 3.8) is 0 Å². The lowest BCUT2D eigenvalue weighted by Gasteiger charge is -2.11. The predicted octanol–water partition coefficient (Wildman–Crippen LogP) is 2.56. The maximum Gasteiger partial charge on any atom is 0.101 e. The molecule has 0 spiro atoms. The fraction of sp³-hybridized carbons (Fsp3) is 0.500. The number of aliphatic hydroxyl groups is 1. The molecule has 1 heterocycles. The van der Waals surface area contributed by atoms with Crippen molar-refractivity contribution in [3.05, 3.63) is 29.6 Å². The Morgan fingerprint density at radius 3 is 3.07 bits per heavy atom. The first-order valence-electron chi connectivity index (χ1n) is 4.70. The van der Waals surface area contributed by atoms with Gasteiger partial charge in [0, 0.05) is 6.54 Å². The molecule has 0 saturated heterocycles. The fourth-order valence-corrected chi connectivity index (χ4v) is 1.63. The van der Waals surface area contributed by atoms with Crippen LogP contribution in [-0.2, 0) is 6.54 Å². The van der Waals surface area contributed by atoms with E-state index in [1.165, 1.54) is 0 Å². The summed E-state index contributed by atoms with van der Waals surface area (Å²) < 4.78 is 1.75. The summed E-state index contributed by atoms with van der Waals surface area (Å²) in [4.78, 5) is 0. The maximum atomic E-state index is 9.78. The molecule has 4 heteroatoms. The van der Waals surface area contributed by atoms with Gasteiger partial charge >= 0.3 is 0 Å². The van der Waals surface area contributed by atoms with E-state index in [2.05, 4.69) is 18.6 Å². The Morgan fingerprint density at radius 2 is 2.50 bits per heavy atom. The summed E-state index contributed by atoms with van der Waals surface area (Å²) in [5.74, 6) is 0. The second kappa shape index (κ2) is 5.17. The predicted molar refractivity (Wildman–Crippen MR) is 57.3 cm³/mol. The van der Waals surface area contributed by atoms with Gasteiger partial charge in [0.1, 0.15) is 6.10 Å². The molecule has 0 aromatic carbocycles.